The van der Waals surface area contributed by atoms with E-state index >= 15 is 0 Å². The van der Waals surface area contributed by atoms with Gasteiger partial charge in [0, 0.05) is 30.1 Å². The lowest BCUT2D eigenvalue weighted by molar-refractivity contribution is -0.119. The van der Waals surface area contributed by atoms with Gasteiger partial charge >= 0.3 is 0 Å². The van der Waals surface area contributed by atoms with Crippen molar-refractivity contribution in [3.8, 4) is 11.4 Å². The zero-order valence-corrected chi connectivity index (χ0v) is 20.4. The Labute approximate surface area is 195 Å². The average Bonchev–Trinajstić information content (AvgIpc) is 3.14. The minimum absolute atomic E-state index is 0.0599. The number of thioether (sulfide) groups is 1. The van der Waals surface area contributed by atoms with Gasteiger partial charge < -0.3 is 10.1 Å². The molecule has 7 nitrogen and oxygen atoms in total. The van der Waals surface area contributed by atoms with E-state index in [1.807, 2.05) is 38.1 Å². The molecule has 32 heavy (non-hydrogen) atoms. The van der Waals surface area contributed by atoms with Crippen LogP contribution in [0, 0.1) is 0 Å². The number of carbonyl (C=O) groups excluding carboxylic acids is 1. The van der Waals surface area contributed by atoms with Crippen molar-refractivity contribution in [3.63, 3.8) is 0 Å². The van der Waals surface area contributed by atoms with Crippen molar-refractivity contribution in [1.29, 1.82) is 0 Å². The molecule has 1 N–H and O–H groups in total. The highest BCUT2D eigenvalue weighted by Crippen LogP contribution is 2.34. The van der Waals surface area contributed by atoms with Gasteiger partial charge in [-0.05, 0) is 44.5 Å². The van der Waals surface area contributed by atoms with E-state index in [0.29, 0.717) is 22.0 Å². The SMILES string of the molecule is CCN1CCc2c(sc3nc(SCC(=O)NC(C)C)n(-c4cccc(OC)c4)c(=O)c23)C1. The first-order valence-corrected chi connectivity index (χ1v) is 12.6. The molecule has 1 aromatic carbocycles. The maximum absolute atomic E-state index is 13.8. The maximum atomic E-state index is 13.8. The van der Waals surface area contributed by atoms with E-state index in [9.17, 15) is 9.59 Å². The van der Waals surface area contributed by atoms with Gasteiger partial charge in [0.2, 0.25) is 5.91 Å². The van der Waals surface area contributed by atoms with Gasteiger partial charge in [-0.1, -0.05) is 24.8 Å². The molecule has 3 aromatic rings. The molecule has 0 fully saturated rings. The molecule has 0 unspecified atom stereocenters. The molecule has 9 heteroatoms. The van der Waals surface area contributed by atoms with E-state index < -0.39 is 0 Å². The summed E-state index contributed by atoms with van der Waals surface area (Å²) in [7, 11) is 1.60. The van der Waals surface area contributed by atoms with E-state index in [2.05, 4.69) is 17.1 Å². The Morgan fingerprint density at radius 1 is 1.38 bits per heavy atom. The third-order valence-electron chi connectivity index (χ3n) is 5.46. The maximum Gasteiger partial charge on any atom is 0.267 e. The van der Waals surface area contributed by atoms with Crippen molar-refractivity contribution in [2.24, 2.45) is 0 Å². The van der Waals surface area contributed by atoms with Crippen LogP contribution in [0.5, 0.6) is 5.75 Å². The fourth-order valence-corrected chi connectivity index (χ4v) is 6.04. The standard InChI is InChI=1S/C23H28N4O3S2/c1-5-26-10-9-17-18(12-26)32-21-20(17)22(29)27(15-7-6-8-16(11-15)30-4)23(25-21)31-13-19(28)24-14(2)3/h6-8,11,14H,5,9-10,12-13H2,1-4H3,(H,24,28). The summed E-state index contributed by atoms with van der Waals surface area (Å²) >= 11 is 2.88. The van der Waals surface area contributed by atoms with Gasteiger partial charge in [0.05, 0.1) is 23.9 Å². The number of methoxy groups -OCH3 is 1. The number of rotatable bonds is 7. The summed E-state index contributed by atoms with van der Waals surface area (Å²) < 4.78 is 7.00. The Balaban J connectivity index is 1.84. The quantitative estimate of drug-likeness (QED) is 0.419. The summed E-state index contributed by atoms with van der Waals surface area (Å²) in [4.78, 5) is 35.3. The Hall–Kier alpha value is -2.36. The van der Waals surface area contributed by atoms with Gasteiger partial charge in [0.25, 0.3) is 5.56 Å². The topological polar surface area (TPSA) is 76.5 Å². The molecular formula is C23H28N4O3S2. The number of thiophene rings is 1. The number of fused-ring (bicyclic) bond motifs is 3. The molecule has 2 aromatic heterocycles. The van der Waals surface area contributed by atoms with Crippen LogP contribution in [-0.4, -0.2) is 52.4 Å². The molecule has 1 aliphatic rings. The highest BCUT2D eigenvalue weighted by atomic mass is 32.2. The van der Waals surface area contributed by atoms with Crippen molar-refractivity contribution in [2.75, 3.05) is 26.0 Å². The first-order valence-electron chi connectivity index (χ1n) is 10.8. The lowest BCUT2D eigenvalue weighted by Gasteiger charge is -2.25. The average molecular weight is 473 g/mol. The molecule has 0 spiro atoms. The number of ether oxygens (including phenoxy) is 1. The molecule has 0 saturated heterocycles. The second-order valence-electron chi connectivity index (χ2n) is 8.05. The van der Waals surface area contributed by atoms with E-state index in [1.54, 1.807) is 23.0 Å². The third kappa shape index (κ3) is 4.55. The number of hydrogen-bond acceptors (Lipinski definition) is 7. The molecule has 0 atom stereocenters. The Morgan fingerprint density at radius 3 is 2.91 bits per heavy atom. The lowest BCUT2D eigenvalue weighted by atomic mass is 10.1. The summed E-state index contributed by atoms with van der Waals surface area (Å²) in [5, 5.41) is 4.12. The van der Waals surface area contributed by atoms with E-state index in [0.717, 1.165) is 36.4 Å². The predicted octanol–water partition coefficient (Wildman–Crippen LogP) is 3.45. The van der Waals surface area contributed by atoms with Gasteiger partial charge in [-0.25, -0.2) is 4.98 Å². The Bertz CT molecular complexity index is 1200. The Morgan fingerprint density at radius 2 is 2.19 bits per heavy atom. The molecular weight excluding hydrogens is 444 g/mol. The second kappa shape index (κ2) is 9.64. The van der Waals surface area contributed by atoms with Crippen LogP contribution < -0.4 is 15.6 Å². The molecule has 3 heterocycles. The van der Waals surface area contributed by atoms with Crippen LogP contribution in [0.1, 0.15) is 31.2 Å². The molecule has 4 rings (SSSR count). The number of hydrogen-bond donors (Lipinski definition) is 1. The van der Waals surface area contributed by atoms with Crippen molar-refractivity contribution in [2.45, 2.75) is 44.9 Å². The third-order valence-corrected chi connectivity index (χ3v) is 7.51. The van der Waals surface area contributed by atoms with Gasteiger partial charge in [0.15, 0.2) is 5.16 Å². The van der Waals surface area contributed by atoms with Gasteiger partial charge in [-0.15, -0.1) is 11.3 Å². The van der Waals surface area contributed by atoms with Crippen molar-refractivity contribution in [1.82, 2.24) is 19.8 Å². The Kier molecular flexibility index (Phi) is 6.88. The molecule has 0 aliphatic carbocycles. The van der Waals surface area contributed by atoms with Crippen LogP contribution in [0.25, 0.3) is 15.9 Å². The highest BCUT2D eigenvalue weighted by Gasteiger charge is 2.25. The number of likely N-dealkylation sites (N-methyl/N-ethyl adjacent to an activating group) is 1. The zero-order chi connectivity index (χ0) is 22.8. The number of carbonyl (C=O) groups is 1. The minimum atomic E-state index is -0.0857. The van der Waals surface area contributed by atoms with Crippen molar-refractivity contribution < 1.29 is 9.53 Å². The molecule has 1 amide bonds. The van der Waals surface area contributed by atoms with Crippen LogP contribution >= 0.6 is 23.1 Å². The predicted molar refractivity (Wildman–Crippen MR) is 130 cm³/mol. The molecule has 0 bridgehead atoms. The van der Waals surface area contributed by atoms with Gasteiger partial charge in [-0.2, -0.15) is 0 Å². The van der Waals surface area contributed by atoms with Crippen LogP contribution in [0.4, 0.5) is 0 Å². The fraction of sp³-hybridized carbons (Fsp3) is 0.435. The zero-order valence-electron chi connectivity index (χ0n) is 18.8. The van der Waals surface area contributed by atoms with E-state index in [-0.39, 0.29) is 23.3 Å². The first-order chi connectivity index (χ1) is 15.4. The summed E-state index contributed by atoms with van der Waals surface area (Å²) in [6, 6.07) is 7.45. The number of nitrogens with one attached hydrogen (secondary N) is 1. The monoisotopic (exact) mass is 472 g/mol. The van der Waals surface area contributed by atoms with Gasteiger partial charge in [-0.3, -0.25) is 19.1 Å². The van der Waals surface area contributed by atoms with E-state index in [4.69, 9.17) is 9.72 Å². The molecule has 1 aliphatic heterocycles. The van der Waals surface area contributed by atoms with Crippen LogP contribution in [-0.2, 0) is 17.8 Å². The number of nitrogens with zero attached hydrogens (tertiary/aromatic N) is 3. The minimum Gasteiger partial charge on any atom is -0.497 e. The number of amides is 1. The number of benzene rings is 1. The van der Waals surface area contributed by atoms with Crippen molar-refractivity contribution in [3.05, 3.63) is 45.1 Å². The van der Waals surface area contributed by atoms with Gasteiger partial charge in [0.1, 0.15) is 10.6 Å². The molecule has 0 saturated carbocycles. The smallest absolute Gasteiger partial charge is 0.267 e. The molecule has 0 radical (unpaired) electrons. The van der Waals surface area contributed by atoms with Crippen molar-refractivity contribution >= 4 is 39.2 Å². The molecule has 170 valence electrons. The fourth-order valence-electron chi connectivity index (χ4n) is 3.91. The highest BCUT2D eigenvalue weighted by molar-refractivity contribution is 7.99. The summed E-state index contributed by atoms with van der Waals surface area (Å²) in [5.41, 5.74) is 1.72. The summed E-state index contributed by atoms with van der Waals surface area (Å²) in [6.07, 6.45) is 0.849. The largest absolute Gasteiger partial charge is 0.497 e. The summed E-state index contributed by atoms with van der Waals surface area (Å²) in [6.45, 7) is 8.79. The first kappa shape index (κ1) is 22.8. The van der Waals surface area contributed by atoms with Crippen LogP contribution in [0.2, 0.25) is 0 Å². The van der Waals surface area contributed by atoms with E-state index in [1.165, 1.54) is 16.6 Å². The van der Waals surface area contributed by atoms with Crippen LogP contribution in [0.15, 0.2) is 34.2 Å². The summed E-state index contributed by atoms with van der Waals surface area (Å²) in [5.74, 6) is 0.768. The van der Waals surface area contributed by atoms with Crippen LogP contribution in [0.3, 0.4) is 0 Å². The lowest BCUT2D eigenvalue weighted by Crippen LogP contribution is -2.32. The number of aromatic nitrogens is 2. The second-order valence-corrected chi connectivity index (χ2v) is 10.1. The normalized spacial score (nSPS) is 14.0.